The Balaban J connectivity index is 2.00. The Labute approximate surface area is 122 Å². The van der Waals surface area contributed by atoms with E-state index in [1.807, 2.05) is 29.6 Å². The zero-order valence-electron chi connectivity index (χ0n) is 9.68. The van der Waals surface area contributed by atoms with Gasteiger partial charge in [-0.3, -0.25) is 4.98 Å². The molecule has 0 fully saturated rings. The fourth-order valence-corrected chi connectivity index (χ4v) is 2.77. The summed E-state index contributed by atoms with van der Waals surface area (Å²) in [6, 6.07) is 10.8. The van der Waals surface area contributed by atoms with E-state index in [-0.39, 0.29) is 5.82 Å². The first-order valence-electron chi connectivity index (χ1n) is 5.56. The molecule has 2 aromatic heterocycles. The van der Waals surface area contributed by atoms with Crippen LogP contribution in [0.1, 0.15) is 0 Å². The van der Waals surface area contributed by atoms with Crippen LogP contribution < -0.4 is 0 Å². The zero-order valence-corrected chi connectivity index (χ0v) is 12.1. The highest BCUT2D eigenvalue weighted by Crippen LogP contribution is 2.29. The molecule has 0 bridgehead atoms. The van der Waals surface area contributed by atoms with Crippen LogP contribution in [0.25, 0.3) is 22.0 Å². The van der Waals surface area contributed by atoms with Gasteiger partial charge < -0.3 is 0 Å². The van der Waals surface area contributed by atoms with Gasteiger partial charge in [0.2, 0.25) is 0 Å². The Morgan fingerprint density at radius 2 is 1.89 bits per heavy atom. The van der Waals surface area contributed by atoms with Gasteiger partial charge >= 0.3 is 0 Å². The molecule has 3 rings (SSSR count). The average molecular weight is 335 g/mol. The Hall–Kier alpha value is -1.59. The molecule has 0 amide bonds. The SMILES string of the molecule is Fc1cccnc1-c1nc(-c2ccc(Br)cc2)cs1. The minimum atomic E-state index is -0.348. The van der Waals surface area contributed by atoms with Gasteiger partial charge in [0.15, 0.2) is 5.82 Å². The Morgan fingerprint density at radius 1 is 1.11 bits per heavy atom. The molecule has 0 aliphatic rings. The summed E-state index contributed by atoms with van der Waals surface area (Å²) < 4.78 is 14.7. The van der Waals surface area contributed by atoms with Crippen molar-refractivity contribution in [1.82, 2.24) is 9.97 Å². The lowest BCUT2D eigenvalue weighted by atomic mass is 10.2. The monoisotopic (exact) mass is 334 g/mol. The molecule has 0 spiro atoms. The maximum atomic E-state index is 13.6. The summed E-state index contributed by atoms with van der Waals surface area (Å²) in [5.41, 5.74) is 2.13. The summed E-state index contributed by atoms with van der Waals surface area (Å²) in [6.07, 6.45) is 1.57. The number of nitrogens with zero attached hydrogens (tertiary/aromatic N) is 2. The number of hydrogen-bond acceptors (Lipinski definition) is 3. The molecule has 94 valence electrons. The molecule has 19 heavy (non-hydrogen) atoms. The van der Waals surface area contributed by atoms with Gasteiger partial charge in [0.1, 0.15) is 10.7 Å². The van der Waals surface area contributed by atoms with Crippen molar-refractivity contribution in [2.75, 3.05) is 0 Å². The number of rotatable bonds is 2. The van der Waals surface area contributed by atoms with Crippen molar-refractivity contribution in [3.63, 3.8) is 0 Å². The van der Waals surface area contributed by atoms with Crippen molar-refractivity contribution in [2.24, 2.45) is 0 Å². The summed E-state index contributed by atoms with van der Waals surface area (Å²) in [6.45, 7) is 0. The summed E-state index contributed by atoms with van der Waals surface area (Å²) in [7, 11) is 0. The molecular formula is C14H8BrFN2S. The van der Waals surface area contributed by atoms with E-state index in [1.54, 1.807) is 12.3 Å². The predicted molar refractivity (Wildman–Crippen MR) is 78.4 cm³/mol. The molecule has 0 saturated carbocycles. The van der Waals surface area contributed by atoms with Crippen LogP contribution in [0.2, 0.25) is 0 Å². The van der Waals surface area contributed by atoms with Crippen molar-refractivity contribution in [2.45, 2.75) is 0 Å². The van der Waals surface area contributed by atoms with Crippen LogP contribution >= 0.6 is 27.3 Å². The number of pyridine rings is 1. The van der Waals surface area contributed by atoms with Crippen LogP contribution in [-0.4, -0.2) is 9.97 Å². The fraction of sp³-hybridized carbons (Fsp3) is 0. The predicted octanol–water partition coefficient (Wildman–Crippen LogP) is 4.77. The number of thiazole rings is 1. The lowest BCUT2D eigenvalue weighted by Gasteiger charge is -1.97. The quantitative estimate of drug-likeness (QED) is 0.674. The van der Waals surface area contributed by atoms with Gasteiger partial charge in [0, 0.05) is 21.6 Å². The van der Waals surface area contributed by atoms with Crippen molar-refractivity contribution in [3.8, 4) is 22.0 Å². The van der Waals surface area contributed by atoms with E-state index in [0.29, 0.717) is 10.7 Å². The highest BCUT2D eigenvalue weighted by Gasteiger charge is 2.11. The second-order valence-corrected chi connectivity index (χ2v) is 5.65. The van der Waals surface area contributed by atoms with E-state index in [4.69, 9.17) is 0 Å². The minimum Gasteiger partial charge on any atom is -0.251 e. The van der Waals surface area contributed by atoms with E-state index in [0.717, 1.165) is 15.7 Å². The third-order valence-electron chi connectivity index (χ3n) is 2.61. The molecule has 1 aromatic carbocycles. The van der Waals surface area contributed by atoms with E-state index in [1.165, 1.54) is 17.4 Å². The molecule has 2 heterocycles. The Kier molecular flexibility index (Phi) is 3.40. The lowest BCUT2D eigenvalue weighted by Crippen LogP contribution is -1.87. The second-order valence-electron chi connectivity index (χ2n) is 3.88. The molecular weight excluding hydrogens is 327 g/mol. The summed E-state index contributed by atoms with van der Waals surface area (Å²) >= 11 is 4.78. The van der Waals surface area contributed by atoms with Crippen LogP contribution in [0.4, 0.5) is 4.39 Å². The molecule has 5 heteroatoms. The maximum Gasteiger partial charge on any atom is 0.151 e. The van der Waals surface area contributed by atoms with Gasteiger partial charge in [-0.15, -0.1) is 11.3 Å². The highest BCUT2D eigenvalue weighted by molar-refractivity contribution is 9.10. The van der Waals surface area contributed by atoms with Gasteiger partial charge in [-0.2, -0.15) is 0 Å². The molecule has 0 aliphatic carbocycles. The first-order valence-corrected chi connectivity index (χ1v) is 7.23. The van der Waals surface area contributed by atoms with Gasteiger partial charge in [-0.05, 0) is 24.3 Å². The van der Waals surface area contributed by atoms with E-state index in [9.17, 15) is 4.39 Å². The molecule has 0 radical (unpaired) electrons. The largest absolute Gasteiger partial charge is 0.251 e. The average Bonchev–Trinajstić information content (AvgIpc) is 2.89. The lowest BCUT2D eigenvalue weighted by molar-refractivity contribution is 0.625. The standard InChI is InChI=1S/C14H8BrFN2S/c15-10-5-3-9(4-6-10)12-8-19-14(18-12)13-11(16)2-1-7-17-13/h1-8H. The van der Waals surface area contributed by atoms with Gasteiger partial charge in [-0.25, -0.2) is 9.37 Å². The Morgan fingerprint density at radius 3 is 2.63 bits per heavy atom. The summed E-state index contributed by atoms with van der Waals surface area (Å²) in [4.78, 5) is 8.48. The fourth-order valence-electron chi connectivity index (χ4n) is 1.68. The first-order chi connectivity index (χ1) is 9.24. The smallest absolute Gasteiger partial charge is 0.151 e. The molecule has 0 atom stereocenters. The van der Waals surface area contributed by atoms with E-state index < -0.39 is 0 Å². The maximum absolute atomic E-state index is 13.6. The van der Waals surface area contributed by atoms with Crippen LogP contribution in [0, 0.1) is 5.82 Å². The number of aromatic nitrogens is 2. The zero-order chi connectivity index (χ0) is 13.2. The topological polar surface area (TPSA) is 25.8 Å². The normalized spacial score (nSPS) is 10.6. The van der Waals surface area contributed by atoms with Crippen LogP contribution in [0.15, 0.2) is 52.4 Å². The third-order valence-corrected chi connectivity index (χ3v) is 3.98. The number of hydrogen-bond donors (Lipinski definition) is 0. The van der Waals surface area contributed by atoms with Crippen LogP contribution in [0.3, 0.4) is 0 Å². The van der Waals surface area contributed by atoms with Gasteiger partial charge in [0.05, 0.1) is 5.69 Å². The molecule has 0 aliphatic heterocycles. The van der Waals surface area contributed by atoms with Crippen molar-refractivity contribution in [3.05, 3.63) is 58.3 Å². The van der Waals surface area contributed by atoms with Crippen molar-refractivity contribution < 1.29 is 4.39 Å². The highest BCUT2D eigenvalue weighted by atomic mass is 79.9. The Bertz CT molecular complexity index is 709. The molecule has 0 N–H and O–H groups in total. The van der Waals surface area contributed by atoms with E-state index in [2.05, 4.69) is 25.9 Å². The van der Waals surface area contributed by atoms with Gasteiger partial charge in [-0.1, -0.05) is 28.1 Å². The molecule has 2 nitrogen and oxygen atoms in total. The number of halogens is 2. The van der Waals surface area contributed by atoms with Crippen molar-refractivity contribution >= 4 is 27.3 Å². The van der Waals surface area contributed by atoms with Crippen molar-refractivity contribution in [1.29, 1.82) is 0 Å². The first kappa shape index (κ1) is 12.4. The summed E-state index contributed by atoms with van der Waals surface area (Å²) in [5.74, 6) is -0.348. The molecule has 0 saturated heterocycles. The van der Waals surface area contributed by atoms with Crippen LogP contribution in [0.5, 0.6) is 0 Å². The van der Waals surface area contributed by atoms with Gasteiger partial charge in [0.25, 0.3) is 0 Å². The van der Waals surface area contributed by atoms with E-state index >= 15 is 0 Å². The third kappa shape index (κ3) is 2.57. The minimum absolute atomic E-state index is 0.302. The second kappa shape index (κ2) is 5.19. The molecule has 3 aromatic rings. The summed E-state index contributed by atoms with van der Waals surface area (Å²) in [5, 5.41) is 2.50. The molecule has 0 unspecified atom stereocenters. The number of benzene rings is 1. The van der Waals surface area contributed by atoms with Crippen LogP contribution in [-0.2, 0) is 0 Å².